The van der Waals surface area contributed by atoms with Crippen LogP contribution in [0.3, 0.4) is 0 Å². The van der Waals surface area contributed by atoms with Crippen molar-refractivity contribution in [2.24, 2.45) is 0 Å². The van der Waals surface area contributed by atoms with E-state index in [2.05, 4.69) is 25.9 Å². The lowest BCUT2D eigenvalue weighted by atomic mass is 10.1. The van der Waals surface area contributed by atoms with Gasteiger partial charge in [0.1, 0.15) is 6.10 Å². The first-order valence-electron chi connectivity index (χ1n) is 9.62. The summed E-state index contributed by atoms with van der Waals surface area (Å²) in [4.78, 5) is 17.7. The summed E-state index contributed by atoms with van der Waals surface area (Å²) in [5.41, 5.74) is 4.14. The maximum atomic E-state index is 6.10. The van der Waals surface area contributed by atoms with Crippen molar-refractivity contribution in [3.63, 3.8) is 0 Å². The monoisotopic (exact) mass is 409 g/mol. The van der Waals surface area contributed by atoms with Crippen molar-refractivity contribution in [1.29, 1.82) is 0 Å². The number of halogens is 1. The largest absolute Gasteiger partial charge is 0.369 e. The number of ether oxygens (including phenoxy) is 1. The SMILES string of the molecule is CN(C)c1ncc(CN2CCO[C@@H](c3ccc(-c4cccc(Cl)c4)cn3)C2)cn1. The minimum atomic E-state index is -0.0425. The lowest BCUT2D eigenvalue weighted by Crippen LogP contribution is -2.38. The van der Waals surface area contributed by atoms with E-state index in [0.29, 0.717) is 6.61 Å². The predicted molar refractivity (Wildman–Crippen MR) is 115 cm³/mol. The highest BCUT2D eigenvalue weighted by Crippen LogP contribution is 2.26. The molecule has 6 nitrogen and oxygen atoms in total. The van der Waals surface area contributed by atoms with Gasteiger partial charge in [-0.15, -0.1) is 0 Å². The standard InChI is InChI=1S/C22H24ClN5O/c1-27(2)22-25-11-16(12-26-22)14-28-8-9-29-21(15-28)20-7-6-18(13-24-20)17-4-3-5-19(23)10-17/h3-7,10-13,21H,8-9,14-15H2,1-2H3/t21-/m1/s1. The molecule has 0 unspecified atom stereocenters. The first-order valence-corrected chi connectivity index (χ1v) is 10.0. The van der Waals surface area contributed by atoms with E-state index in [4.69, 9.17) is 16.3 Å². The van der Waals surface area contributed by atoms with Gasteiger partial charge < -0.3 is 9.64 Å². The molecule has 2 aromatic heterocycles. The fraction of sp³-hybridized carbons (Fsp3) is 0.318. The second-order valence-corrected chi connectivity index (χ2v) is 7.80. The smallest absolute Gasteiger partial charge is 0.224 e. The normalized spacial score (nSPS) is 17.3. The van der Waals surface area contributed by atoms with Gasteiger partial charge in [0.25, 0.3) is 0 Å². The highest BCUT2D eigenvalue weighted by Gasteiger charge is 2.23. The average Bonchev–Trinajstić information content (AvgIpc) is 2.74. The predicted octanol–water partition coefficient (Wildman–Crippen LogP) is 3.83. The molecule has 1 aliphatic heterocycles. The molecule has 1 aliphatic rings. The molecular weight excluding hydrogens is 386 g/mol. The Kier molecular flexibility index (Phi) is 6.04. The molecule has 150 valence electrons. The third-order valence-electron chi connectivity index (χ3n) is 4.92. The molecule has 0 N–H and O–H groups in total. The van der Waals surface area contributed by atoms with Gasteiger partial charge in [0, 0.05) is 68.5 Å². The number of aromatic nitrogens is 3. The van der Waals surface area contributed by atoms with E-state index in [1.165, 1.54) is 0 Å². The van der Waals surface area contributed by atoms with Gasteiger partial charge in [-0.25, -0.2) is 9.97 Å². The quantitative estimate of drug-likeness (QED) is 0.638. The maximum Gasteiger partial charge on any atom is 0.224 e. The number of anilines is 1. The molecule has 0 bridgehead atoms. The van der Waals surface area contributed by atoms with Crippen molar-refractivity contribution >= 4 is 17.5 Å². The fourth-order valence-corrected chi connectivity index (χ4v) is 3.57. The number of pyridine rings is 1. The van der Waals surface area contributed by atoms with Gasteiger partial charge in [0.2, 0.25) is 5.95 Å². The molecule has 1 aromatic carbocycles. The second kappa shape index (κ2) is 8.86. The van der Waals surface area contributed by atoms with E-state index >= 15 is 0 Å². The van der Waals surface area contributed by atoms with E-state index < -0.39 is 0 Å². The van der Waals surface area contributed by atoms with Crippen LogP contribution < -0.4 is 4.90 Å². The third kappa shape index (κ3) is 4.90. The molecule has 0 aliphatic carbocycles. The molecule has 7 heteroatoms. The van der Waals surface area contributed by atoms with E-state index in [1.807, 2.05) is 67.9 Å². The number of hydrogen-bond donors (Lipinski definition) is 0. The van der Waals surface area contributed by atoms with Crippen LogP contribution in [-0.2, 0) is 11.3 Å². The van der Waals surface area contributed by atoms with Crippen molar-refractivity contribution < 1.29 is 4.74 Å². The summed E-state index contributed by atoms with van der Waals surface area (Å²) >= 11 is 6.10. The van der Waals surface area contributed by atoms with E-state index in [-0.39, 0.29) is 6.10 Å². The first-order chi connectivity index (χ1) is 14.1. The zero-order valence-electron chi connectivity index (χ0n) is 16.6. The molecule has 1 atom stereocenters. The molecular formula is C22H24ClN5O. The Bertz CT molecular complexity index is 946. The minimum absolute atomic E-state index is 0.0425. The summed E-state index contributed by atoms with van der Waals surface area (Å²) in [5, 5.41) is 0.723. The summed E-state index contributed by atoms with van der Waals surface area (Å²) in [5.74, 6) is 0.720. The average molecular weight is 410 g/mol. The zero-order valence-corrected chi connectivity index (χ0v) is 17.4. The van der Waals surface area contributed by atoms with Crippen LogP contribution in [0.5, 0.6) is 0 Å². The van der Waals surface area contributed by atoms with E-state index in [0.717, 1.165) is 53.0 Å². The lowest BCUT2D eigenvalue weighted by Gasteiger charge is -2.32. The van der Waals surface area contributed by atoms with Crippen LogP contribution in [0.15, 0.2) is 55.0 Å². The minimum Gasteiger partial charge on any atom is -0.369 e. The number of morpholine rings is 1. The van der Waals surface area contributed by atoms with Crippen molar-refractivity contribution in [2.75, 3.05) is 38.7 Å². The lowest BCUT2D eigenvalue weighted by molar-refractivity contribution is -0.0350. The van der Waals surface area contributed by atoms with Crippen LogP contribution in [0.4, 0.5) is 5.95 Å². The van der Waals surface area contributed by atoms with E-state index in [9.17, 15) is 0 Å². The number of hydrogen-bond acceptors (Lipinski definition) is 6. The van der Waals surface area contributed by atoms with Crippen molar-refractivity contribution in [2.45, 2.75) is 12.6 Å². The van der Waals surface area contributed by atoms with Crippen LogP contribution in [-0.4, -0.2) is 53.6 Å². The van der Waals surface area contributed by atoms with Crippen molar-refractivity contribution in [1.82, 2.24) is 19.9 Å². The van der Waals surface area contributed by atoms with Gasteiger partial charge in [0.05, 0.1) is 12.3 Å². The molecule has 0 radical (unpaired) electrons. The Balaban J connectivity index is 1.41. The summed E-state index contributed by atoms with van der Waals surface area (Å²) in [7, 11) is 3.87. The van der Waals surface area contributed by atoms with Crippen molar-refractivity contribution in [3.05, 3.63) is 71.3 Å². The Morgan fingerprint density at radius 2 is 1.90 bits per heavy atom. The zero-order chi connectivity index (χ0) is 20.2. The molecule has 4 rings (SSSR count). The van der Waals surface area contributed by atoms with Gasteiger partial charge >= 0.3 is 0 Å². The topological polar surface area (TPSA) is 54.4 Å². The summed E-state index contributed by atoms with van der Waals surface area (Å²) < 4.78 is 5.98. The van der Waals surface area contributed by atoms with Crippen LogP contribution >= 0.6 is 11.6 Å². The Morgan fingerprint density at radius 1 is 1.07 bits per heavy atom. The fourth-order valence-electron chi connectivity index (χ4n) is 3.38. The van der Waals surface area contributed by atoms with Gasteiger partial charge in [-0.05, 0) is 23.8 Å². The molecule has 29 heavy (non-hydrogen) atoms. The second-order valence-electron chi connectivity index (χ2n) is 7.36. The molecule has 3 heterocycles. The maximum absolute atomic E-state index is 6.10. The summed E-state index contributed by atoms with van der Waals surface area (Å²) in [6.45, 7) is 3.15. The Labute approximate surface area is 176 Å². The van der Waals surface area contributed by atoms with E-state index in [1.54, 1.807) is 0 Å². The van der Waals surface area contributed by atoms with Gasteiger partial charge in [-0.3, -0.25) is 9.88 Å². The van der Waals surface area contributed by atoms with Crippen molar-refractivity contribution in [3.8, 4) is 11.1 Å². The Morgan fingerprint density at radius 3 is 2.59 bits per heavy atom. The number of rotatable bonds is 5. The van der Waals surface area contributed by atoms with Crippen LogP contribution in [0.25, 0.3) is 11.1 Å². The molecule has 3 aromatic rings. The molecule has 0 amide bonds. The molecule has 0 spiro atoms. The number of benzene rings is 1. The molecule has 1 fully saturated rings. The Hall–Kier alpha value is -2.54. The van der Waals surface area contributed by atoms with Gasteiger partial charge in [-0.2, -0.15) is 0 Å². The van der Waals surface area contributed by atoms with Crippen LogP contribution in [0.2, 0.25) is 5.02 Å². The van der Waals surface area contributed by atoms with Crippen LogP contribution in [0, 0.1) is 0 Å². The molecule has 1 saturated heterocycles. The van der Waals surface area contributed by atoms with Gasteiger partial charge in [-0.1, -0.05) is 29.8 Å². The third-order valence-corrected chi connectivity index (χ3v) is 5.16. The number of nitrogens with zero attached hydrogens (tertiary/aromatic N) is 5. The summed E-state index contributed by atoms with van der Waals surface area (Å²) in [6, 6.07) is 11.9. The van der Waals surface area contributed by atoms with Gasteiger partial charge in [0.15, 0.2) is 0 Å². The summed E-state index contributed by atoms with van der Waals surface area (Å²) in [6.07, 6.45) is 5.63. The van der Waals surface area contributed by atoms with Crippen LogP contribution in [0.1, 0.15) is 17.4 Å². The highest BCUT2D eigenvalue weighted by atomic mass is 35.5. The first kappa shape index (κ1) is 19.8. The highest BCUT2D eigenvalue weighted by molar-refractivity contribution is 6.30. The molecule has 0 saturated carbocycles.